The van der Waals surface area contributed by atoms with Crippen molar-refractivity contribution in [1.82, 2.24) is 4.90 Å². The maximum absolute atomic E-state index is 11.7. The van der Waals surface area contributed by atoms with E-state index in [9.17, 15) is 14.4 Å². The second-order valence-electron chi connectivity index (χ2n) is 3.92. The van der Waals surface area contributed by atoms with Gasteiger partial charge in [0.1, 0.15) is 6.04 Å². The van der Waals surface area contributed by atoms with Crippen molar-refractivity contribution in [3.05, 3.63) is 0 Å². The standard InChI is InChI=1S/C9H14N2O5/c1-9(2)7(13)11(8(14)16-9)4-5(10)6(12)15-3/h5H,4,10H2,1-3H3/t5-/m0/s1. The number of carbonyl (C=O) groups excluding carboxylic acids is 3. The summed E-state index contributed by atoms with van der Waals surface area (Å²) in [5.41, 5.74) is 4.24. The number of esters is 1. The summed E-state index contributed by atoms with van der Waals surface area (Å²) < 4.78 is 9.21. The lowest BCUT2D eigenvalue weighted by Crippen LogP contribution is -2.46. The Bertz CT molecular complexity index is 339. The van der Waals surface area contributed by atoms with Gasteiger partial charge in [-0.05, 0) is 13.8 Å². The molecule has 0 unspecified atom stereocenters. The van der Waals surface area contributed by atoms with Crippen LogP contribution in [0.1, 0.15) is 13.8 Å². The molecule has 1 atom stereocenters. The fourth-order valence-electron chi connectivity index (χ4n) is 1.31. The molecule has 0 saturated carbocycles. The van der Waals surface area contributed by atoms with E-state index in [1.54, 1.807) is 0 Å². The molecule has 16 heavy (non-hydrogen) atoms. The van der Waals surface area contributed by atoms with Gasteiger partial charge >= 0.3 is 12.1 Å². The summed E-state index contributed by atoms with van der Waals surface area (Å²) >= 11 is 0. The van der Waals surface area contributed by atoms with Gasteiger partial charge in [-0.25, -0.2) is 9.69 Å². The Morgan fingerprint density at radius 2 is 2.12 bits per heavy atom. The van der Waals surface area contributed by atoms with Gasteiger partial charge in [0, 0.05) is 0 Å². The number of rotatable bonds is 3. The summed E-state index contributed by atoms with van der Waals surface area (Å²) in [6.45, 7) is 2.70. The van der Waals surface area contributed by atoms with E-state index in [4.69, 9.17) is 10.5 Å². The van der Waals surface area contributed by atoms with Gasteiger partial charge < -0.3 is 15.2 Å². The van der Waals surface area contributed by atoms with Gasteiger partial charge in [0.2, 0.25) is 0 Å². The molecule has 0 aromatic carbocycles. The highest BCUT2D eigenvalue weighted by Gasteiger charge is 2.47. The van der Waals surface area contributed by atoms with Crippen molar-refractivity contribution < 1.29 is 23.9 Å². The first-order valence-corrected chi connectivity index (χ1v) is 4.68. The lowest BCUT2D eigenvalue weighted by molar-refractivity contribution is -0.143. The van der Waals surface area contributed by atoms with Crippen molar-refractivity contribution in [2.75, 3.05) is 13.7 Å². The second kappa shape index (κ2) is 4.09. The first kappa shape index (κ1) is 12.4. The molecule has 1 heterocycles. The van der Waals surface area contributed by atoms with Crippen LogP contribution in [-0.2, 0) is 19.1 Å². The smallest absolute Gasteiger partial charge is 0.417 e. The Labute approximate surface area is 92.5 Å². The molecule has 0 spiro atoms. The van der Waals surface area contributed by atoms with Gasteiger partial charge in [0.15, 0.2) is 5.60 Å². The average molecular weight is 230 g/mol. The average Bonchev–Trinajstić information content (AvgIpc) is 2.39. The first-order chi connectivity index (χ1) is 7.29. The van der Waals surface area contributed by atoms with E-state index in [2.05, 4.69) is 4.74 Å². The maximum atomic E-state index is 11.7. The first-order valence-electron chi connectivity index (χ1n) is 4.68. The van der Waals surface area contributed by atoms with E-state index >= 15 is 0 Å². The number of amides is 2. The molecule has 0 aliphatic carbocycles. The third-order valence-corrected chi connectivity index (χ3v) is 2.21. The topological polar surface area (TPSA) is 98.9 Å². The predicted octanol–water partition coefficient (Wildman–Crippen LogP) is -0.756. The summed E-state index contributed by atoms with van der Waals surface area (Å²) in [5, 5.41) is 0. The zero-order chi connectivity index (χ0) is 12.5. The van der Waals surface area contributed by atoms with Crippen LogP contribution in [-0.4, -0.2) is 48.2 Å². The summed E-state index contributed by atoms with van der Waals surface area (Å²) in [7, 11) is 1.18. The second-order valence-corrected chi connectivity index (χ2v) is 3.92. The van der Waals surface area contributed by atoms with Crippen molar-refractivity contribution in [1.29, 1.82) is 0 Å². The molecule has 1 aliphatic heterocycles. The quantitative estimate of drug-likeness (QED) is 0.640. The number of nitrogens with zero attached hydrogens (tertiary/aromatic N) is 1. The zero-order valence-corrected chi connectivity index (χ0v) is 9.35. The van der Waals surface area contributed by atoms with Crippen molar-refractivity contribution in [3.8, 4) is 0 Å². The fraction of sp³-hybridized carbons (Fsp3) is 0.667. The van der Waals surface area contributed by atoms with Gasteiger partial charge in [-0.15, -0.1) is 0 Å². The molecule has 7 heteroatoms. The highest BCUT2D eigenvalue weighted by molar-refractivity contribution is 6.02. The molecule has 7 nitrogen and oxygen atoms in total. The number of methoxy groups -OCH3 is 1. The number of ether oxygens (including phenoxy) is 2. The van der Waals surface area contributed by atoms with Crippen LogP contribution >= 0.6 is 0 Å². The molecule has 90 valence electrons. The van der Waals surface area contributed by atoms with Crippen LogP contribution in [0.25, 0.3) is 0 Å². The third kappa shape index (κ3) is 2.13. The fourth-order valence-corrected chi connectivity index (χ4v) is 1.31. The lowest BCUT2D eigenvalue weighted by Gasteiger charge is -2.16. The molecule has 1 aliphatic rings. The molecule has 0 bridgehead atoms. The van der Waals surface area contributed by atoms with Crippen molar-refractivity contribution in [2.45, 2.75) is 25.5 Å². The van der Waals surface area contributed by atoms with Gasteiger partial charge in [-0.3, -0.25) is 9.59 Å². The summed E-state index contributed by atoms with van der Waals surface area (Å²) in [5.74, 6) is -1.21. The van der Waals surface area contributed by atoms with Crippen LogP contribution < -0.4 is 5.73 Å². The van der Waals surface area contributed by atoms with Crippen LogP contribution in [0.4, 0.5) is 4.79 Å². The van der Waals surface area contributed by atoms with Crippen molar-refractivity contribution >= 4 is 18.0 Å². The molecule has 0 aromatic heterocycles. The molecule has 1 fully saturated rings. The minimum absolute atomic E-state index is 0.242. The van der Waals surface area contributed by atoms with Crippen LogP contribution in [0, 0.1) is 0 Å². The number of cyclic esters (lactones) is 1. The summed E-state index contributed by atoms with van der Waals surface area (Å²) in [6.07, 6.45) is -0.797. The van der Waals surface area contributed by atoms with Gasteiger partial charge in [0.05, 0.1) is 13.7 Å². The minimum atomic E-state index is -1.20. The number of hydrogen-bond acceptors (Lipinski definition) is 6. The van der Waals surface area contributed by atoms with Crippen LogP contribution in [0.2, 0.25) is 0 Å². The van der Waals surface area contributed by atoms with Crippen LogP contribution in [0.3, 0.4) is 0 Å². The molecular formula is C9H14N2O5. The van der Waals surface area contributed by atoms with Crippen molar-refractivity contribution in [2.24, 2.45) is 5.73 Å². The van der Waals surface area contributed by atoms with Gasteiger partial charge in [0.25, 0.3) is 5.91 Å². The van der Waals surface area contributed by atoms with E-state index in [1.165, 1.54) is 21.0 Å². The Balaban J connectivity index is 2.72. The Morgan fingerprint density at radius 3 is 2.50 bits per heavy atom. The normalized spacial score (nSPS) is 20.6. The molecule has 0 aromatic rings. The summed E-state index contributed by atoms with van der Waals surface area (Å²) in [4.78, 5) is 34.8. The maximum Gasteiger partial charge on any atom is 0.417 e. The van der Waals surface area contributed by atoms with Gasteiger partial charge in [-0.2, -0.15) is 0 Å². The molecule has 2 N–H and O–H groups in total. The van der Waals surface area contributed by atoms with Crippen LogP contribution in [0.5, 0.6) is 0 Å². The lowest BCUT2D eigenvalue weighted by atomic mass is 10.1. The molecule has 2 amide bonds. The van der Waals surface area contributed by atoms with Crippen molar-refractivity contribution in [3.63, 3.8) is 0 Å². The van der Waals surface area contributed by atoms with Gasteiger partial charge in [-0.1, -0.05) is 0 Å². The van der Waals surface area contributed by atoms with E-state index < -0.39 is 29.6 Å². The van der Waals surface area contributed by atoms with Crippen LogP contribution in [0.15, 0.2) is 0 Å². The predicted molar refractivity (Wildman–Crippen MR) is 52.3 cm³/mol. The molecule has 0 radical (unpaired) electrons. The number of nitrogens with two attached hydrogens (primary N) is 1. The molecule has 1 saturated heterocycles. The number of carbonyl (C=O) groups is 3. The van der Waals surface area contributed by atoms with E-state index in [0.29, 0.717) is 0 Å². The molecular weight excluding hydrogens is 216 g/mol. The monoisotopic (exact) mass is 230 g/mol. The molecule has 1 rings (SSSR count). The number of hydrogen-bond donors (Lipinski definition) is 1. The SMILES string of the molecule is COC(=O)[C@@H](N)CN1C(=O)OC(C)(C)C1=O. The van der Waals surface area contributed by atoms with E-state index in [1.807, 2.05) is 0 Å². The third-order valence-electron chi connectivity index (χ3n) is 2.21. The van der Waals surface area contributed by atoms with E-state index in [-0.39, 0.29) is 6.54 Å². The highest BCUT2D eigenvalue weighted by atomic mass is 16.6. The Kier molecular flexibility index (Phi) is 3.18. The Morgan fingerprint density at radius 1 is 1.56 bits per heavy atom. The minimum Gasteiger partial charge on any atom is -0.468 e. The highest BCUT2D eigenvalue weighted by Crippen LogP contribution is 2.23. The van der Waals surface area contributed by atoms with E-state index in [0.717, 1.165) is 4.90 Å². The zero-order valence-electron chi connectivity index (χ0n) is 9.35. The summed E-state index contributed by atoms with van der Waals surface area (Å²) in [6, 6.07) is -1.06. The largest absolute Gasteiger partial charge is 0.468 e. The Hall–Kier alpha value is -1.63. The number of imide groups is 1.